The molecule has 1 aliphatic rings. The van der Waals surface area contributed by atoms with Crippen LogP contribution >= 0.6 is 0 Å². The molecule has 4 N–H and O–H groups in total. The van der Waals surface area contributed by atoms with Crippen molar-refractivity contribution in [3.63, 3.8) is 0 Å². The van der Waals surface area contributed by atoms with E-state index in [0.29, 0.717) is 12.3 Å². The number of rotatable bonds is 10. The largest absolute Gasteiger partial charge is 0.416 e. The van der Waals surface area contributed by atoms with Gasteiger partial charge in [-0.05, 0) is 60.7 Å². The normalized spacial score (nSPS) is 17.5. The first-order chi connectivity index (χ1) is 16.7. The van der Waals surface area contributed by atoms with Gasteiger partial charge in [-0.1, -0.05) is 36.4 Å². The summed E-state index contributed by atoms with van der Waals surface area (Å²) in [6.07, 6.45) is 6.43. The van der Waals surface area contributed by atoms with E-state index in [0.717, 1.165) is 54.9 Å². The van der Waals surface area contributed by atoms with E-state index in [9.17, 15) is 9.90 Å². The monoisotopic (exact) mass is 460 g/mol. The summed E-state index contributed by atoms with van der Waals surface area (Å²) in [6.45, 7) is 4.26. The van der Waals surface area contributed by atoms with Crippen molar-refractivity contribution >= 4 is 10.9 Å². The van der Waals surface area contributed by atoms with Gasteiger partial charge in [-0.25, -0.2) is 4.79 Å². The summed E-state index contributed by atoms with van der Waals surface area (Å²) in [7, 11) is 0. The van der Waals surface area contributed by atoms with Crippen LogP contribution in [0.5, 0.6) is 0 Å². The molecule has 7 heteroatoms. The Kier molecular flexibility index (Phi) is 6.94. The zero-order chi connectivity index (χ0) is 23.3. The van der Waals surface area contributed by atoms with Crippen LogP contribution in [0.3, 0.4) is 0 Å². The Balaban J connectivity index is 1.14. The van der Waals surface area contributed by atoms with Gasteiger partial charge in [0.25, 0.3) is 0 Å². The fourth-order valence-corrected chi connectivity index (χ4v) is 5.01. The number of benzene rings is 2. The molecular formula is C27H32N4O3. The van der Waals surface area contributed by atoms with E-state index < -0.39 is 5.76 Å². The molecule has 2 aromatic heterocycles. The van der Waals surface area contributed by atoms with Crippen LogP contribution in [-0.4, -0.2) is 52.8 Å². The first-order valence-electron chi connectivity index (χ1n) is 12.0. The van der Waals surface area contributed by atoms with Crippen LogP contribution in [-0.2, 0) is 12.8 Å². The summed E-state index contributed by atoms with van der Waals surface area (Å²) in [6, 6.07) is 16.6. The molecular weight excluding hydrogens is 428 g/mol. The van der Waals surface area contributed by atoms with E-state index in [1.165, 1.54) is 23.6 Å². The maximum atomic E-state index is 11.2. The summed E-state index contributed by atoms with van der Waals surface area (Å²) in [5.74, 6) is 0.189. The summed E-state index contributed by atoms with van der Waals surface area (Å²) in [5, 5.41) is 14.6. The minimum atomic E-state index is -0.413. The van der Waals surface area contributed by atoms with Gasteiger partial charge in [0.05, 0.1) is 18.3 Å². The number of fused-ring (bicyclic) bond motifs is 1. The average molecular weight is 461 g/mol. The van der Waals surface area contributed by atoms with Gasteiger partial charge in [0, 0.05) is 36.6 Å². The standard InChI is InChI=1S/C27H32N4O3/c32-17-26(21-4-2-1-3-5-21)28-14-20-8-10-31(16-20)11-9-22-15-29-25-7-6-19(13-24(22)25)12-23-18-34-27(33)30-23/h1-7,13,15,18,20,26,28-29,32H,8-12,14,16-17H2,(H,30,33). The Labute approximate surface area is 198 Å². The molecule has 2 atom stereocenters. The molecule has 0 saturated carbocycles. The summed E-state index contributed by atoms with van der Waals surface area (Å²) in [5.41, 5.74) is 5.53. The van der Waals surface area contributed by atoms with Gasteiger partial charge < -0.3 is 24.7 Å². The first kappa shape index (κ1) is 22.7. The van der Waals surface area contributed by atoms with E-state index in [2.05, 4.69) is 56.7 Å². The van der Waals surface area contributed by atoms with E-state index in [4.69, 9.17) is 4.42 Å². The first-order valence-corrected chi connectivity index (χ1v) is 12.0. The molecule has 178 valence electrons. The van der Waals surface area contributed by atoms with E-state index in [-0.39, 0.29) is 12.6 Å². The zero-order valence-corrected chi connectivity index (χ0v) is 19.3. The predicted molar refractivity (Wildman–Crippen MR) is 133 cm³/mol. The van der Waals surface area contributed by atoms with Gasteiger partial charge in [-0.15, -0.1) is 0 Å². The number of likely N-dealkylation sites (tertiary alicyclic amines) is 1. The molecule has 1 fully saturated rings. The Morgan fingerprint density at radius 1 is 1.21 bits per heavy atom. The lowest BCUT2D eigenvalue weighted by molar-refractivity contribution is 0.237. The number of oxazole rings is 1. The number of aliphatic hydroxyl groups excluding tert-OH is 1. The Hall–Kier alpha value is -3.13. The minimum absolute atomic E-state index is 0.00412. The molecule has 1 aliphatic heterocycles. The molecule has 0 bridgehead atoms. The lowest BCUT2D eigenvalue weighted by Gasteiger charge is -2.20. The Morgan fingerprint density at radius 3 is 2.88 bits per heavy atom. The maximum absolute atomic E-state index is 11.2. The lowest BCUT2D eigenvalue weighted by Crippen LogP contribution is -2.31. The molecule has 0 radical (unpaired) electrons. The molecule has 5 rings (SSSR count). The molecule has 0 spiro atoms. The van der Waals surface area contributed by atoms with Crippen molar-refractivity contribution < 1.29 is 9.52 Å². The topological polar surface area (TPSA) is 97.3 Å². The molecule has 0 aliphatic carbocycles. The highest BCUT2D eigenvalue weighted by Crippen LogP contribution is 2.23. The fourth-order valence-electron chi connectivity index (χ4n) is 5.01. The van der Waals surface area contributed by atoms with Crippen LogP contribution in [0, 0.1) is 5.92 Å². The summed E-state index contributed by atoms with van der Waals surface area (Å²) >= 11 is 0. The van der Waals surface area contributed by atoms with Crippen molar-refractivity contribution in [3.05, 3.63) is 93.9 Å². The van der Waals surface area contributed by atoms with Crippen LogP contribution in [0.1, 0.15) is 34.8 Å². The molecule has 2 unspecified atom stereocenters. The number of aromatic nitrogens is 2. The van der Waals surface area contributed by atoms with Crippen LogP contribution in [0.25, 0.3) is 10.9 Å². The number of hydrogen-bond donors (Lipinski definition) is 4. The highest BCUT2D eigenvalue weighted by Gasteiger charge is 2.23. The van der Waals surface area contributed by atoms with Crippen molar-refractivity contribution in [1.82, 2.24) is 20.2 Å². The Morgan fingerprint density at radius 2 is 2.09 bits per heavy atom. The van der Waals surface area contributed by atoms with E-state index in [1.54, 1.807) is 0 Å². The second-order valence-electron chi connectivity index (χ2n) is 9.30. The third-order valence-electron chi connectivity index (χ3n) is 6.90. The number of nitrogens with one attached hydrogen (secondary N) is 3. The van der Waals surface area contributed by atoms with Crippen molar-refractivity contribution in [2.75, 3.05) is 32.8 Å². The van der Waals surface area contributed by atoms with Crippen molar-refractivity contribution in [1.29, 1.82) is 0 Å². The van der Waals surface area contributed by atoms with Crippen LogP contribution in [0.2, 0.25) is 0 Å². The molecule has 7 nitrogen and oxygen atoms in total. The summed E-state index contributed by atoms with van der Waals surface area (Å²) < 4.78 is 4.86. The van der Waals surface area contributed by atoms with Crippen LogP contribution in [0.15, 0.2) is 70.2 Å². The number of nitrogens with zero attached hydrogens (tertiary/aromatic N) is 1. The van der Waals surface area contributed by atoms with E-state index in [1.807, 2.05) is 18.2 Å². The number of aromatic amines is 2. The molecule has 3 heterocycles. The second-order valence-corrected chi connectivity index (χ2v) is 9.30. The quantitative estimate of drug-likeness (QED) is 0.291. The Bertz CT molecular complexity index is 1260. The fraction of sp³-hybridized carbons (Fsp3) is 0.370. The summed E-state index contributed by atoms with van der Waals surface area (Å²) in [4.78, 5) is 19.9. The molecule has 4 aromatic rings. The SMILES string of the molecule is O=c1[nH]c(Cc2ccc3[nH]cc(CCN4CCC(CNC(CO)c5ccccc5)C4)c3c2)co1. The third kappa shape index (κ3) is 5.33. The number of H-pyrrole nitrogens is 2. The zero-order valence-electron chi connectivity index (χ0n) is 19.3. The minimum Gasteiger partial charge on any atom is -0.416 e. The highest BCUT2D eigenvalue weighted by atomic mass is 16.4. The van der Waals surface area contributed by atoms with Crippen molar-refractivity contribution in [2.24, 2.45) is 5.92 Å². The highest BCUT2D eigenvalue weighted by molar-refractivity contribution is 5.84. The van der Waals surface area contributed by atoms with Gasteiger partial charge in [0.15, 0.2) is 0 Å². The second kappa shape index (κ2) is 10.4. The van der Waals surface area contributed by atoms with Gasteiger partial charge >= 0.3 is 5.76 Å². The van der Waals surface area contributed by atoms with Crippen molar-refractivity contribution in [2.45, 2.75) is 25.3 Å². The van der Waals surface area contributed by atoms with Crippen LogP contribution < -0.4 is 11.1 Å². The molecule has 34 heavy (non-hydrogen) atoms. The van der Waals surface area contributed by atoms with Gasteiger partial charge in [0.2, 0.25) is 0 Å². The number of hydrogen-bond acceptors (Lipinski definition) is 5. The number of aliphatic hydroxyl groups is 1. The smallest absolute Gasteiger partial charge is 0.416 e. The third-order valence-corrected chi connectivity index (χ3v) is 6.90. The van der Waals surface area contributed by atoms with Crippen LogP contribution in [0.4, 0.5) is 0 Å². The van der Waals surface area contributed by atoms with Gasteiger partial charge in [-0.3, -0.25) is 4.98 Å². The average Bonchev–Trinajstić information content (AvgIpc) is 3.59. The maximum Gasteiger partial charge on any atom is 0.416 e. The predicted octanol–water partition coefficient (Wildman–Crippen LogP) is 3.23. The molecule has 1 saturated heterocycles. The van der Waals surface area contributed by atoms with E-state index >= 15 is 0 Å². The molecule has 0 amide bonds. The van der Waals surface area contributed by atoms with Gasteiger partial charge in [-0.2, -0.15) is 0 Å². The van der Waals surface area contributed by atoms with Crippen molar-refractivity contribution in [3.8, 4) is 0 Å². The lowest BCUT2D eigenvalue weighted by atomic mass is 10.0. The molecule has 2 aromatic carbocycles. The van der Waals surface area contributed by atoms with Gasteiger partial charge in [0.1, 0.15) is 6.26 Å².